The minimum absolute atomic E-state index is 0.325. The van der Waals surface area contributed by atoms with Gasteiger partial charge in [0.15, 0.2) is 5.96 Å². The summed E-state index contributed by atoms with van der Waals surface area (Å²) < 4.78 is 0. The molecule has 1 atom stereocenters. The van der Waals surface area contributed by atoms with E-state index in [0.717, 1.165) is 45.0 Å². The van der Waals surface area contributed by atoms with Crippen LogP contribution in [0.1, 0.15) is 38.7 Å². The van der Waals surface area contributed by atoms with Crippen LogP contribution in [-0.2, 0) is 6.42 Å². The predicted molar refractivity (Wildman–Crippen MR) is 101 cm³/mol. The molecular formula is C19H32N4O. The van der Waals surface area contributed by atoms with Gasteiger partial charge in [0.2, 0.25) is 0 Å². The van der Waals surface area contributed by atoms with E-state index in [0.29, 0.717) is 11.8 Å². The van der Waals surface area contributed by atoms with Crippen LogP contribution >= 0.6 is 0 Å². The molecule has 134 valence electrons. The van der Waals surface area contributed by atoms with Crippen molar-refractivity contribution in [3.8, 4) is 5.75 Å². The molecule has 1 aromatic carbocycles. The number of nitrogens with zero attached hydrogens (tertiary/aromatic N) is 2. The summed E-state index contributed by atoms with van der Waals surface area (Å²) in [5.41, 5.74) is 1.25. The molecule has 0 radical (unpaired) electrons. The van der Waals surface area contributed by atoms with Gasteiger partial charge in [-0.05, 0) is 63.4 Å². The lowest BCUT2D eigenvalue weighted by atomic mass is 10.1. The highest BCUT2D eigenvalue weighted by Crippen LogP contribution is 2.16. The Kier molecular flexibility index (Phi) is 7.89. The minimum Gasteiger partial charge on any atom is -0.508 e. The Morgan fingerprint density at radius 3 is 2.75 bits per heavy atom. The van der Waals surface area contributed by atoms with Gasteiger partial charge in [0.1, 0.15) is 5.75 Å². The number of nitrogens with one attached hydrogen (secondary N) is 2. The van der Waals surface area contributed by atoms with Crippen LogP contribution in [0.4, 0.5) is 0 Å². The van der Waals surface area contributed by atoms with Gasteiger partial charge >= 0.3 is 0 Å². The largest absolute Gasteiger partial charge is 0.508 e. The Morgan fingerprint density at radius 2 is 2.04 bits per heavy atom. The molecular weight excluding hydrogens is 300 g/mol. The second kappa shape index (κ2) is 10.2. The second-order valence-electron chi connectivity index (χ2n) is 6.34. The quantitative estimate of drug-likeness (QED) is 0.389. The van der Waals surface area contributed by atoms with Crippen LogP contribution in [0.15, 0.2) is 29.3 Å². The average Bonchev–Trinajstić information content (AvgIpc) is 3.05. The fourth-order valence-electron chi connectivity index (χ4n) is 3.22. The zero-order valence-corrected chi connectivity index (χ0v) is 15.1. The van der Waals surface area contributed by atoms with E-state index in [1.54, 1.807) is 12.1 Å². The smallest absolute Gasteiger partial charge is 0.191 e. The number of aromatic hydroxyl groups is 1. The van der Waals surface area contributed by atoms with E-state index >= 15 is 0 Å². The molecule has 5 nitrogen and oxygen atoms in total. The molecule has 0 aliphatic carbocycles. The lowest BCUT2D eigenvalue weighted by Crippen LogP contribution is -2.39. The summed E-state index contributed by atoms with van der Waals surface area (Å²) in [7, 11) is 0. The summed E-state index contributed by atoms with van der Waals surface area (Å²) in [4.78, 5) is 7.30. The molecule has 1 saturated heterocycles. The number of phenols is 1. The van der Waals surface area contributed by atoms with Crippen molar-refractivity contribution in [1.29, 1.82) is 0 Å². The molecule has 24 heavy (non-hydrogen) atoms. The molecule has 0 amide bonds. The third-order valence-corrected chi connectivity index (χ3v) is 4.58. The summed E-state index contributed by atoms with van der Waals surface area (Å²) in [6, 6.07) is 8.05. The van der Waals surface area contributed by atoms with E-state index in [2.05, 4.69) is 29.4 Å². The maximum atomic E-state index is 9.31. The van der Waals surface area contributed by atoms with E-state index in [9.17, 15) is 5.11 Å². The first-order valence-electron chi connectivity index (χ1n) is 9.27. The molecule has 1 aliphatic rings. The first-order chi connectivity index (χ1) is 11.7. The number of phenolic OH excluding ortho intramolecular Hbond substituents is 1. The highest BCUT2D eigenvalue weighted by atomic mass is 16.3. The summed E-state index contributed by atoms with van der Waals surface area (Å²) in [5.74, 6) is 1.25. The molecule has 3 N–H and O–H groups in total. The van der Waals surface area contributed by atoms with Crippen LogP contribution < -0.4 is 10.6 Å². The second-order valence-corrected chi connectivity index (χ2v) is 6.34. The third-order valence-electron chi connectivity index (χ3n) is 4.58. The maximum absolute atomic E-state index is 9.31. The van der Waals surface area contributed by atoms with E-state index < -0.39 is 0 Å². The van der Waals surface area contributed by atoms with Crippen molar-refractivity contribution in [2.45, 2.75) is 45.6 Å². The van der Waals surface area contributed by atoms with E-state index in [1.807, 2.05) is 12.1 Å². The Balaban J connectivity index is 1.73. The van der Waals surface area contributed by atoms with Crippen molar-refractivity contribution in [3.63, 3.8) is 0 Å². The van der Waals surface area contributed by atoms with Crippen LogP contribution in [0.25, 0.3) is 0 Å². The van der Waals surface area contributed by atoms with E-state index in [4.69, 9.17) is 4.99 Å². The molecule has 1 aromatic rings. The maximum Gasteiger partial charge on any atom is 0.191 e. The van der Waals surface area contributed by atoms with Crippen LogP contribution in [0.2, 0.25) is 0 Å². The van der Waals surface area contributed by atoms with Gasteiger partial charge in [-0.3, -0.25) is 9.89 Å². The van der Waals surface area contributed by atoms with Crippen molar-refractivity contribution in [1.82, 2.24) is 15.5 Å². The summed E-state index contributed by atoms with van der Waals surface area (Å²) in [5, 5.41) is 16.1. The number of likely N-dealkylation sites (tertiary alicyclic amines) is 1. The summed E-state index contributed by atoms with van der Waals surface area (Å²) in [6.07, 6.45) is 4.60. The van der Waals surface area contributed by atoms with Gasteiger partial charge < -0.3 is 15.7 Å². The van der Waals surface area contributed by atoms with Gasteiger partial charge in [-0.25, -0.2) is 0 Å². The molecule has 1 unspecified atom stereocenters. The van der Waals surface area contributed by atoms with Crippen molar-refractivity contribution in [3.05, 3.63) is 29.8 Å². The van der Waals surface area contributed by atoms with Crippen molar-refractivity contribution >= 4 is 5.96 Å². The van der Waals surface area contributed by atoms with Crippen molar-refractivity contribution < 1.29 is 5.11 Å². The molecule has 1 fully saturated rings. The van der Waals surface area contributed by atoms with Gasteiger partial charge in [0.05, 0.1) is 6.54 Å². The van der Waals surface area contributed by atoms with Crippen LogP contribution in [0, 0.1) is 0 Å². The van der Waals surface area contributed by atoms with E-state index in [-0.39, 0.29) is 0 Å². The van der Waals surface area contributed by atoms with Gasteiger partial charge in [0, 0.05) is 19.1 Å². The molecule has 0 saturated carbocycles. The Morgan fingerprint density at radius 1 is 1.25 bits per heavy atom. The number of hydrogen-bond donors (Lipinski definition) is 3. The highest BCUT2D eigenvalue weighted by molar-refractivity contribution is 5.79. The van der Waals surface area contributed by atoms with Crippen LogP contribution in [0.5, 0.6) is 5.75 Å². The SMILES string of the molecule is CCNC(=NCC1CCCN1CC)NCCCc1ccc(O)cc1. The van der Waals surface area contributed by atoms with Gasteiger partial charge in [-0.2, -0.15) is 0 Å². The zero-order valence-electron chi connectivity index (χ0n) is 15.1. The number of aryl methyl sites for hydroxylation is 1. The topological polar surface area (TPSA) is 59.9 Å². The molecule has 5 heteroatoms. The molecule has 1 aliphatic heterocycles. The molecule has 0 aromatic heterocycles. The van der Waals surface area contributed by atoms with Gasteiger partial charge in [0.25, 0.3) is 0 Å². The fourth-order valence-corrected chi connectivity index (χ4v) is 3.22. The number of likely N-dealkylation sites (N-methyl/N-ethyl adjacent to an activating group) is 1. The number of benzene rings is 1. The van der Waals surface area contributed by atoms with Crippen molar-refractivity contribution in [2.24, 2.45) is 4.99 Å². The lowest BCUT2D eigenvalue weighted by Gasteiger charge is -2.21. The number of guanidine groups is 1. The molecule has 0 spiro atoms. The Bertz CT molecular complexity index is 501. The molecule has 0 bridgehead atoms. The Labute approximate surface area is 146 Å². The van der Waals surface area contributed by atoms with Gasteiger partial charge in [-0.15, -0.1) is 0 Å². The Hall–Kier alpha value is -1.75. The summed E-state index contributed by atoms with van der Waals surface area (Å²) in [6.45, 7) is 9.32. The third kappa shape index (κ3) is 6.04. The van der Waals surface area contributed by atoms with Crippen molar-refractivity contribution in [2.75, 3.05) is 32.7 Å². The number of rotatable bonds is 8. The highest BCUT2D eigenvalue weighted by Gasteiger charge is 2.22. The number of aliphatic imine (C=N–C) groups is 1. The predicted octanol–water partition coefficient (Wildman–Crippen LogP) is 2.36. The number of hydrogen-bond acceptors (Lipinski definition) is 3. The fraction of sp³-hybridized carbons (Fsp3) is 0.632. The monoisotopic (exact) mass is 332 g/mol. The first kappa shape index (κ1) is 18.6. The normalized spacial score (nSPS) is 18.8. The standard InChI is InChI=1S/C19H32N4O/c1-3-20-19(22-15-17-8-6-14-23(17)4-2)21-13-5-7-16-9-11-18(24)12-10-16/h9-12,17,24H,3-8,13-15H2,1-2H3,(H2,20,21,22). The zero-order chi connectivity index (χ0) is 17.2. The van der Waals surface area contributed by atoms with Crippen LogP contribution in [0.3, 0.4) is 0 Å². The van der Waals surface area contributed by atoms with E-state index in [1.165, 1.54) is 24.9 Å². The molecule has 1 heterocycles. The van der Waals surface area contributed by atoms with Crippen LogP contribution in [-0.4, -0.2) is 54.7 Å². The first-order valence-corrected chi connectivity index (χ1v) is 9.27. The average molecular weight is 332 g/mol. The minimum atomic E-state index is 0.325. The lowest BCUT2D eigenvalue weighted by molar-refractivity contribution is 0.273. The summed E-state index contributed by atoms with van der Waals surface area (Å²) >= 11 is 0. The van der Waals surface area contributed by atoms with Gasteiger partial charge in [-0.1, -0.05) is 19.1 Å². The molecule has 2 rings (SSSR count).